The van der Waals surface area contributed by atoms with E-state index in [9.17, 15) is 14.7 Å². The van der Waals surface area contributed by atoms with E-state index < -0.39 is 29.9 Å². The largest absolute Gasteiger partial charge is 0.460 e. The minimum atomic E-state index is -1.22. The maximum atomic E-state index is 13.1. The van der Waals surface area contributed by atoms with Gasteiger partial charge in [0.05, 0.1) is 18.2 Å². The second-order valence-corrected chi connectivity index (χ2v) is 9.29. The first-order valence-corrected chi connectivity index (χ1v) is 12.1. The normalized spacial score (nSPS) is 13.4. The van der Waals surface area contributed by atoms with Gasteiger partial charge in [0, 0.05) is 6.04 Å². The smallest absolute Gasteiger partial charge is 0.314 e. The molecule has 1 heterocycles. The predicted molar refractivity (Wildman–Crippen MR) is 139 cm³/mol. The molecular formula is C29H30N4O4. The van der Waals surface area contributed by atoms with E-state index in [1.807, 2.05) is 84.9 Å². The van der Waals surface area contributed by atoms with Gasteiger partial charge in [-0.05, 0) is 42.0 Å². The lowest BCUT2D eigenvalue weighted by Crippen LogP contribution is -2.44. The molecule has 37 heavy (non-hydrogen) atoms. The van der Waals surface area contributed by atoms with Crippen LogP contribution in [0.2, 0.25) is 0 Å². The van der Waals surface area contributed by atoms with E-state index in [1.54, 1.807) is 6.92 Å². The molecule has 0 aliphatic carbocycles. The van der Waals surface area contributed by atoms with Crippen LogP contribution in [0.25, 0.3) is 11.1 Å². The zero-order valence-electron chi connectivity index (χ0n) is 20.6. The molecule has 4 aromatic rings. The van der Waals surface area contributed by atoms with Crippen LogP contribution in [-0.4, -0.2) is 45.0 Å². The highest BCUT2D eigenvalue weighted by molar-refractivity contribution is 5.92. The molecule has 3 aromatic carbocycles. The first-order valence-electron chi connectivity index (χ1n) is 12.1. The quantitative estimate of drug-likeness (QED) is 0.270. The van der Waals surface area contributed by atoms with Gasteiger partial charge >= 0.3 is 5.97 Å². The first-order chi connectivity index (χ1) is 18.0. The molecule has 1 aromatic heterocycles. The van der Waals surface area contributed by atoms with E-state index >= 15 is 0 Å². The van der Waals surface area contributed by atoms with Crippen LogP contribution in [-0.2, 0) is 22.6 Å². The molecule has 4 rings (SSSR count). The van der Waals surface area contributed by atoms with Crippen LogP contribution in [0.5, 0.6) is 0 Å². The molecule has 0 bridgehead atoms. The van der Waals surface area contributed by atoms with E-state index in [0.717, 1.165) is 22.3 Å². The Kier molecular flexibility index (Phi) is 8.43. The molecule has 190 valence electrons. The van der Waals surface area contributed by atoms with Crippen molar-refractivity contribution in [1.82, 2.24) is 20.7 Å². The number of aromatic nitrogens is 3. The standard InChI is InChI=1S/C29H30N4O4/c1-29(20-34,28(36)37-19-22-8-4-2-5-9-22)17-25(31-27(35)26-18-30-33-32-26)16-21-12-14-24(15-13-21)23-10-6-3-7-11-23/h2-15,18,25,34H,16-17,19-20H2,1H3,(H,31,35)(H,30,32,33). The summed E-state index contributed by atoms with van der Waals surface area (Å²) in [6, 6.07) is 27.0. The summed E-state index contributed by atoms with van der Waals surface area (Å²) in [5.41, 5.74) is 3.01. The summed E-state index contributed by atoms with van der Waals surface area (Å²) in [5, 5.41) is 23.0. The number of nitrogens with one attached hydrogen (secondary N) is 2. The lowest BCUT2D eigenvalue weighted by Gasteiger charge is -2.30. The predicted octanol–water partition coefficient (Wildman–Crippen LogP) is 3.94. The summed E-state index contributed by atoms with van der Waals surface area (Å²) < 4.78 is 5.54. The van der Waals surface area contributed by atoms with Crippen molar-refractivity contribution >= 4 is 11.9 Å². The number of ether oxygens (including phenoxy) is 1. The number of nitrogens with zero attached hydrogens (tertiary/aromatic N) is 2. The highest BCUT2D eigenvalue weighted by Gasteiger charge is 2.37. The van der Waals surface area contributed by atoms with Gasteiger partial charge in [-0.15, -0.1) is 5.10 Å². The molecule has 2 unspecified atom stereocenters. The van der Waals surface area contributed by atoms with E-state index in [0.29, 0.717) is 6.42 Å². The zero-order valence-corrected chi connectivity index (χ0v) is 20.6. The molecule has 0 saturated heterocycles. The van der Waals surface area contributed by atoms with Crippen molar-refractivity contribution in [3.05, 3.63) is 108 Å². The Bertz CT molecular complexity index is 1280. The van der Waals surface area contributed by atoms with Crippen molar-refractivity contribution in [2.24, 2.45) is 5.41 Å². The van der Waals surface area contributed by atoms with Crippen LogP contribution < -0.4 is 5.32 Å². The number of aliphatic hydroxyl groups is 1. The van der Waals surface area contributed by atoms with Gasteiger partial charge in [-0.2, -0.15) is 0 Å². The average molecular weight is 499 g/mol. The van der Waals surface area contributed by atoms with Crippen molar-refractivity contribution < 1.29 is 19.4 Å². The molecule has 0 spiro atoms. The van der Waals surface area contributed by atoms with Gasteiger partial charge in [0.1, 0.15) is 12.3 Å². The molecule has 8 nitrogen and oxygen atoms in total. The van der Waals surface area contributed by atoms with Gasteiger partial charge in [0.2, 0.25) is 0 Å². The molecule has 2 atom stereocenters. The molecule has 8 heteroatoms. The number of hydrogen-bond donors (Lipinski definition) is 3. The molecule has 3 N–H and O–H groups in total. The highest BCUT2D eigenvalue weighted by Crippen LogP contribution is 2.28. The maximum Gasteiger partial charge on any atom is 0.314 e. The van der Waals surface area contributed by atoms with E-state index in [2.05, 4.69) is 20.7 Å². The maximum absolute atomic E-state index is 13.1. The number of amides is 1. The Morgan fingerprint density at radius 1 is 0.946 bits per heavy atom. The van der Waals surface area contributed by atoms with E-state index in [-0.39, 0.29) is 18.7 Å². The SMILES string of the molecule is CC(CO)(CC(Cc1ccc(-c2ccccc2)cc1)NC(=O)c1cnn[nH]1)C(=O)OCc1ccccc1. The molecule has 0 aliphatic heterocycles. The fourth-order valence-electron chi connectivity index (χ4n) is 4.15. The topological polar surface area (TPSA) is 117 Å². The van der Waals surface area contributed by atoms with Gasteiger partial charge in [-0.1, -0.05) is 90.1 Å². The van der Waals surface area contributed by atoms with Gasteiger partial charge < -0.3 is 15.2 Å². The van der Waals surface area contributed by atoms with Crippen molar-refractivity contribution in [3.63, 3.8) is 0 Å². The number of carbonyl (C=O) groups excluding carboxylic acids is 2. The lowest BCUT2D eigenvalue weighted by atomic mass is 9.82. The van der Waals surface area contributed by atoms with Gasteiger partial charge in [-0.25, -0.2) is 0 Å². The third kappa shape index (κ3) is 6.89. The van der Waals surface area contributed by atoms with Crippen LogP contribution in [0.1, 0.15) is 35.0 Å². The second kappa shape index (κ2) is 12.1. The Hall–Kier alpha value is -4.30. The number of esters is 1. The number of H-pyrrole nitrogens is 1. The van der Waals surface area contributed by atoms with Crippen LogP contribution in [0.15, 0.2) is 91.1 Å². The monoisotopic (exact) mass is 498 g/mol. The van der Waals surface area contributed by atoms with Crippen molar-refractivity contribution in [2.45, 2.75) is 32.4 Å². The van der Waals surface area contributed by atoms with Crippen LogP contribution in [0.3, 0.4) is 0 Å². The van der Waals surface area contributed by atoms with Crippen molar-refractivity contribution in [1.29, 1.82) is 0 Å². The third-order valence-corrected chi connectivity index (χ3v) is 6.29. The molecule has 0 fully saturated rings. The van der Waals surface area contributed by atoms with Gasteiger partial charge in [-0.3, -0.25) is 14.7 Å². The van der Waals surface area contributed by atoms with E-state index in [4.69, 9.17) is 4.74 Å². The summed E-state index contributed by atoms with van der Waals surface area (Å²) in [7, 11) is 0. The number of benzene rings is 3. The molecule has 0 saturated carbocycles. The van der Waals surface area contributed by atoms with Crippen molar-refractivity contribution in [3.8, 4) is 11.1 Å². The summed E-state index contributed by atoms with van der Waals surface area (Å²) in [4.78, 5) is 25.9. The van der Waals surface area contributed by atoms with Gasteiger partial charge in [0.25, 0.3) is 5.91 Å². The first kappa shape index (κ1) is 25.8. The molecule has 0 radical (unpaired) electrons. The van der Waals surface area contributed by atoms with E-state index in [1.165, 1.54) is 6.20 Å². The summed E-state index contributed by atoms with van der Waals surface area (Å²) in [6.07, 6.45) is 1.95. The Morgan fingerprint density at radius 3 is 2.22 bits per heavy atom. The van der Waals surface area contributed by atoms with Gasteiger partial charge in [0.15, 0.2) is 0 Å². The van der Waals surface area contributed by atoms with Crippen molar-refractivity contribution in [2.75, 3.05) is 6.61 Å². The fraction of sp³-hybridized carbons (Fsp3) is 0.241. The number of aliphatic hydroxyl groups excluding tert-OH is 1. The molecule has 0 aliphatic rings. The number of aromatic amines is 1. The summed E-state index contributed by atoms with van der Waals surface area (Å²) in [6.45, 7) is 1.33. The Morgan fingerprint density at radius 2 is 1.59 bits per heavy atom. The fourth-order valence-corrected chi connectivity index (χ4v) is 4.15. The van der Waals surface area contributed by atoms with Crippen LogP contribution in [0.4, 0.5) is 0 Å². The summed E-state index contributed by atoms with van der Waals surface area (Å²) >= 11 is 0. The Balaban J connectivity index is 1.50. The Labute approximate surface area is 215 Å². The minimum Gasteiger partial charge on any atom is -0.460 e. The number of hydrogen-bond acceptors (Lipinski definition) is 6. The minimum absolute atomic E-state index is 0.104. The lowest BCUT2D eigenvalue weighted by molar-refractivity contribution is -0.159. The summed E-state index contributed by atoms with van der Waals surface area (Å²) in [5.74, 6) is -0.922. The highest BCUT2D eigenvalue weighted by atomic mass is 16.5. The van der Waals surface area contributed by atoms with Crippen LogP contribution >= 0.6 is 0 Å². The second-order valence-electron chi connectivity index (χ2n) is 9.29. The van der Waals surface area contributed by atoms with Crippen LogP contribution in [0, 0.1) is 5.41 Å². The molecular weight excluding hydrogens is 468 g/mol. The average Bonchev–Trinajstić information content (AvgIpc) is 3.48. The third-order valence-electron chi connectivity index (χ3n) is 6.29. The molecule has 1 amide bonds. The number of rotatable bonds is 11. The zero-order chi connectivity index (χ0) is 26.1. The number of carbonyl (C=O) groups is 2.